The van der Waals surface area contributed by atoms with Gasteiger partial charge in [-0.1, -0.05) is 18.2 Å². The van der Waals surface area contributed by atoms with Gasteiger partial charge in [0, 0.05) is 22.2 Å². The molecule has 8 nitrogen and oxygen atoms in total. The number of amides is 2. The number of halogens is 1. The number of nitrogens with two attached hydrogens (primary N) is 2. The number of hydrogen-bond donors (Lipinski definition) is 2. The number of aromatic nitrogens is 3. The van der Waals surface area contributed by atoms with Gasteiger partial charge in [-0.05, 0) is 43.7 Å². The molecule has 0 saturated heterocycles. The Bertz CT molecular complexity index is 1500. The minimum atomic E-state index is -0.861. The fourth-order valence-electron chi connectivity index (χ4n) is 4.05. The summed E-state index contributed by atoms with van der Waals surface area (Å²) in [5, 5.41) is 14.1. The molecule has 0 atom stereocenters. The number of pyridine rings is 1. The maximum absolute atomic E-state index is 14.0. The van der Waals surface area contributed by atoms with E-state index in [1.807, 2.05) is 12.1 Å². The predicted molar refractivity (Wildman–Crippen MR) is 120 cm³/mol. The molecule has 0 unspecified atom stereocenters. The molecule has 2 aromatic heterocycles. The molecular weight excluding hydrogens is 423 g/mol. The zero-order valence-electron chi connectivity index (χ0n) is 17.9. The molecule has 2 amide bonds. The van der Waals surface area contributed by atoms with Gasteiger partial charge in [0.25, 0.3) is 5.91 Å². The maximum Gasteiger partial charge on any atom is 0.267 e. The standard InChI is InChI=1S/C24H19FN6O2/c1-12-19(13(2)31(30-12)11-15-6-4-3-5-14(15)10-26)21-20(23(27)32)17-9-16(25)7-8-18(17)29-22(21)24(28)33/h3-9H,11H2,1-2H3,(H2,27,32)(H2,28,33). The van der Waals surface area contributed by atoms with E-state index in [4.69, 9.17) is 11.5 Å². The van der Waals surface area contributed by atoms with Gasteiger partial charge in [-0.3, -0.25) is 14.3 Å². The van der Waals surface area contributed by atoms with Crippen LogP contribution in [0, 0.1) is 31.0 Å². The van der Waals surface area contributed by atoms with E-state index in [9.17, 15) is 19.2 Å². The van der Waals surface area contributed by atoms with Crippen molar-refractivity contribution < 1.29 is 14.0 Å². The molecule has 0 spiro atoms. The molecule has 0 saturated carbocycles. The number of aryl methyl sites for hydroxylation is 1. The zero-order chi connectivity index (χ0) is 23.9. The van der Waals surface area contributed by atoms with Crippen molar-refractivity contribution in [3.63, 3.8) is 0 Å². The molecule has 0 bridgehead atoms. The molecule has 0 aliphatic heterocycles. The van der Waals surface area contributed by atoms with Gasteiger partial charge in [-0.15, -0.1) is 0 Å². The molecule has 0 aliphatic carbocycles. The van der Waals surface area contributed by atoms with Crippen molar-refractivity contribution in [3.8, 4) is 17.2 Å². The first-order valence-electron chi connectivity index (χ1n) is 9.98. The monoisotopic (exact) mass is 442 g/mol. The molecule has 2 heterocycles. The van der Waals surface area contributed by atoms with E-state index < -0.39 is 17.6 Å². The van der Waals surface area contributed by atoms with Crippen LogP contribution in [0.1, 0.15) is 43.4 Å². The summed E-state index contributed by atoms with van der Waals surface area (Å²) in [7, 11) is 0. The topological polar surface area (TPSA) is 141 Å². The van der Waals surface area contributed by atoms with Gasteiger partial charge in [-0.25, -0.2) is 9.37 Å². The van der Waals surface area contributed by atoms with Crippen LogP contribution in [0.5, 0.6) is 0 Å². The second-order valence-electron chi connectivity index (χ2n) is 7.57. The number of benzene rings is 2. The molecule has 33 heavy (non-hydrogen) atoms. The van der Waals surface area contributed by atoms with E-state index >= 15 is 0 Å². The van der Waals surface area contributed by atoms with Gasteiger partial charge in [0.05, 0.1) is 35.0 Å². The maximum atomic E-state index is 14.0. The van der Waals surface area contributed by atoms with E-state index in [0.29, 0.717) is 22.5 Å². The van der Waals surface area contributed by atoms with Crippen LogP contribution in [0.15, 0.2) is 42.5 Å². The lowest BCUT2D eigenvalue weighted by atomic mass is 9.92. The van der Waals surface area contributed by atoms with Crippen LogP contribution in [0.2, 0.25) is 0 Å². The van der Waals surface area contributed by atoms with Crippen LogP contribution < -0.4 is 11.5 Å². The molecule has 0 aliphatic rings. The van der Waals surface area contributed by atoms with Crippen molar-refractivity contribution >= 4 is 22.7 Å². The number of nitrogens with zero attached hydrogens (tertiary/aromatic N) is 4. The summed E-state index contributed by atoms with van der Waals surface area (Å²) >= 11 is 0. The molecule has 4 aromatic rings. The summed E-state index contributed by atoms with van der Waals surface area (Å²) in [5.74, 6) is -2.30. The van der Waals surface area contributed by atoms with Crippen molar-refractivity contribution in [2.45, 2.75) is 20.4 Å². The van der Waals surface area contributed by atoms with E-state index in [-0.39, 0.29) is 34.3 Å². The number of carbonyl (C=O) groups excluding carboxylic acids is 2. The third kappa shape index (κ3) is 3.68. The van der Waals surface area contributed by atoms with E-state index in [1.165, 1.54) is 12.1 Å². The summed E-state index contributed by atoms with van der Waals surface area (Å²) in [5.41, 5.74) is 14.2. The Labute approximate surface area is 188 Å². The third-order valence-corrected chi connectivity index (χ3v) is 5.52. The number of nitriles is 1. The molecule has 2 aromatic carbocycles. The highest BCUT2D eigenvalue weighted by Crippen LogP contribution is 2.36. The average molecular weight is 442 g/mol. The summed E-state index contributed by atoms with van der Waals surface area (Å²) in [6.07, 6.45) is 0. The number of rotatable bonds is 5. The van der Waals surface area contributed by atoms with Gasteiger partial charge in [0.1, 0.15) is 11.5 Å². The molecule has 4 rings (SSSR count). The molecular formula is C24H19FN6O2. The minimum Gasteiger partial charge on any atom is -0.366 e. The molecule has 0 radical (unpaired) electrons. The Morgan fingerprint density at radius 1 is 1.09 bits per heavy atom. The van der Waals surface area contributed by atoms with Gasteiger partial charge in [0.15, 0.2) is 0 Å². The Morgan fingerprint density at radius 3 is 2.48 bits per heavy atom. The van der Waals surface area contributed by atoms with E-state index in [2.05, 4.69) is 16.2 Å². The van der Waals surface area contributed by atoms with Crippen LogP contribution in [-0.4, -0.2) is 26.6 Å². The largest absolute Gasteiger partial charge is 0.366 e. The zero-order valence-corrected chi connectivity index (χ0v) is 17.9. The normalized spacial score (nSPS) is 10.8. The fourth-order valence-corrected chi connectivity index (χ4v) is 4.05. The predicted octanol–water partition coefficient (Wildman–Crippen LogP) is 2.97. The Balaban J connectivity index is 2.02. The van der Waals surface area contributed by atoms with Crippen molar-refractivity contribution in [2.24, 2.45) is 11.5 Å². The number of primary amides is 2. The van der Waals surface area contributed by atoms with Gasteiger partial charge >= 0.3 is 0 Å². The quantitative estimate of drug-likeness (QED) is 0.489. The highest BCUT2D eigenvalue weighted by Gasteiger charge is 2.28. The minimum absolute atomic E-state index is 0.0588. The molecule has 0 fully saturated rings. The smallest absolute Gasteiger partial charge is 0.267 e. The van der Waals surface area contributed by atoms with Gasteiger partial charge < -0.3 is 11.5 Å². The lowest BCUT2D eigenvalue weighted by Crippen LogP contribution is -2.21. The summed E-state index contributed by atoms with van der Waals surface area (Å²) < 4.78 is 15.7. The van der Waals surface area contributed by atoms with Crippen LogP contribution >= 0.6 is 0 Å². The van der Waals surface area contributed by atoms with Crippen molar-refractivity contribution in [1.29, 1.82) is 5.26 Å². The first-order chi connectivity index (χ1) is 15.7. The Morgan fingerprint density at radius 2 is 1.82 bits per heavy atom. The highest BCUT2D eigenvalue weighted by atomic mass is 19.1. The first kappa shape index (κ1) is 21.6. The molecule has 164 valence electrons. The van der Waals surface area contributed by atoms with Crippen molar-refractivity contribution in [2.75, 3.05) is 0 Å². The van der Waals surface area contributed by atoms with Crippen molar-refractivity contribution in [3.05, 3.63) is 82.1 Å². The summed E-state index contributed by atoms with van der Waals surface area (Å²) in [6.45, 7) is 3.75. The van der Waals surface area contributed by atoms with Gasteiger partial charge in [-0.2, -0.15) is 10.4 Å². The summed E-state index contributed by atoms with van der Waals surface area (Å²) in [4.78, 5) is 29.2. The summed E-state index contributed by atoms with van der Waals surface area (Å²) in [6, 6.07) is 12.9. The highest BCUT2D eigenvalue weighted by molar-refractivity contribution is 6.15. The second-order valence-corrected chi connectivity index (χ2v) is 7.57. The lowest BCUT2D eigenvalue weighted by Gasteiger charge is -2.15. The fraction of sp³-hybridized carbons (Fsp3) is 0.125. The van der Waals surface area contributed by atoms with Crippen LogP contribution in [-0.2, 0) is 6.54 Å². The average Bonchev–Trinajstić information content (AvgIpc) is 3.05. The van der Waals surface area contributed by atoms with Crippen LogP contribution in [0.3, 0.4) is 0 Å². The second kappa shape index (κ2) is 8.16. The Kier molecular flexibility index (Phi) is 5.35. The lowest BCUT2D eigenvalue weighted by molar-refractivity contribution is 0.0996. The third-order valence-electron chi connectivity index (χ3n) is 5.52. The van der Waals surface area contributed by atoms with E-state index in [0.717, 1.165) is 11.6 Å². The van der Waals surface area contributed by atoms with Crippen LogP contribution in [0.25, 0.3) is 22.0 Å². The Hall–Kier alpha value is -4.58. The van der Waals surface area contributed by atoms with Crippen LogP contribution in [0.4, 0.5) is 4.39 Å². The van der Waals surface area contributed by atoms with E-state index in [1.54, 1.807) is 30.7 Å². The van der Waals surface area contributed by atoms with Crippen molar-refractivity contribution in [1.82, 2.24) is 14.8 Å². The number of carbonyl (C=O) groups is 2. The molecule has 9 heteroatoms. The first-order valence-corrected chi connectivity index (χ1v) is 9.98. The molecule has 4 N–H and O–H groups in total. The van der Waals surface area contributed by atoms with Gasteiger partial charge in [0.2, 0.25) is 5.91 Å². The number of fused-ring (bicyclic) bond motifs is 1. The number of hydrogen-bond acceptors (Lipinski definition) is 5. The SMILES string of the molecule is Cc1nn(Cc2ccccc2C#N)c(C)c1-c1c(C(N)=O)nc2ccc(F)cc2c1C(N)=O.